The van der Waals surface area contributed by atoms with Gasteiger partial charge in [0.1, 0.15) is 0 Å². The fourth-order valence-corrected chi connectivity index (χ4v) is 3.04. The molecule has 0 spiro atoms. The molecule has 1 N–H and O–H groups in total. The van der Waals surface area contributed by atoms with Crippen molar-refractivity contribution in [2.75, 3.05) is 10.1 Å². The van der Waals surface area contributed by atoms with E-state index < -0.39 is 0 Å². The number of halogens is 1. The number of amides is 1. The van der Waals surface area contributed by atoms with Gasteiger partial charge in [-0.25, -0.2) is 0 Å². The summed E-state index contributed by atoms with van der Waals surface area (Å²) in [7, 11) is 0. The van der Waals surface area contributed by atoms with Crippen LogP contribution in [0.15, 0.2) is 53.5 Å². The van der Waals surface area contributed by atoms with Gasteiger partial charge in [0, 0.05) is 35.4 Å². The smallest absolute Gasteiger partial charge is 0.224 e. The standard InChI is InChI=1S/C17H14BrN4O3/c1-11(23)21(16-4-5-19-9-17(16)22(24)25)10-12-2-3-13-7-20-8-15(18)14(13)6-12/h2-9,24H,10H2,1H3/q-1. The van der Waals surface area contributed by atoms with E-state index in [1.165, 1.54) is 30.3 Å². The topological polar surface area (TPSA) is 92.6 Å². The maximum Gasteiger partial charge on any atom is 0.224 e. The van der Waals surface area contributed by atoms with E-state index in [-0.39, 0.29) is 29.1 Å². The molecule has 25 heavy (non-hydrogen) atoms. The van der Waals surface area contributed by atoms with E-state index in [1.54, 1.807) is 12.4 Å². The van der Waals surface area contributed by atoms with Crippen LogP contribution in [0.2, 0.25) is 0 Å². The number of carbonyl (C=O) groups excluding carboxylic acids is 1. The third-order valence-corrected chi connectivity index (χ3v) is 4.40. The summed E-state index contributed by atoms with van der Waals surface area (Å²) in [6.07, 6.45) is 6.13. The highest BCUT2D eigenvalue weighted by Gasteiger charge is 2.17. The second-order valence-electron chi connectivity index (χ2n) is 5.42. The molecule has 1 aromatic carbocycles. The number of hydrogen-bond acceptors (Lipinski definition) is 6. The van der Waals surface area contributed by atoms with Gasteiger partial charge in [0.25, 0.3) is 0 Å². The average molecular weight is 402 g/mol. The van der Waals surface area contributed by atoms with Crippen LogP contribution in [0.25, 0.3) is 10.8 Å². The molecule has 2 aromatic heterocycles. The molecule has 8 heteroatoms. The fraction of sp³-hybridized carbons (Fsp3) is 0.118. The minimum atomic E-state index is -0.291. The van der Waals surface area contributed by atoms with Gasteiger partial charge >= 0.3 is 0 Å². The SMILES string of the molecule is CC(=O)N(Cc1ccc2cncc(Br)c2c1)c1ccncc1N([O-])O. The molecule has 0 aliphatic heterocycles. The van der Waals surface area contributed by atoms with Crippen LogP contribution in [-0.4, -0.2) is 21.1 Å². The Morgan fingerprint density at radius 2 is 2.00 bits per heavy atom. The molecule has 3 aromatic rings. The lowest BCUT2D eigenvalue weighted by atomic mass is 10.1. The summed E-state index contributed by atoms with van der Waals surface area (Å²) < 4.78 is 0.854. The second-order valence-corrected chi connectivity index (χ2v) is 6.27. The highest BCUT2D eigenvalue weighted by molar-refractivity contribution is 9.10. The van der Waals surface area contributed by atoms with Crippen LogP contribution < -0.4 is 10.1 Å². The Labute approximate surface area is 152 Å². The quantitative estimate of drug-likeness (QED) is 0.670. The average Bonchev–Trinajstić information content (AvgIpc) is 2.60. The number of hydrogen-bond donors (Lipinski definition) is 1. The van der Waals surface area contributed by atoms with Crippen molar-refractivity contribution in [1.29, 1.82) is 0 Å². The van der Waals surface area contributed by atoms with E-state index in [1.807, 2.05) is 18.2 Å². The van der Waals surface area contributed by atoms with Crippen LogP contribution in [0.3, 0.4) is 0 Å². The number of carbonyl (C=O) groups is 1. The van der Waals surface area contributed by atoms with Gasteiger partial charge in [0.05, 0.1) is 24.1 Å². The zero-order valence-electron chi connectivity index (χ0n) is 13.3. The molecule has 0 saturated heterocycles. The summed E-state index contributed by atoms with van der Waals surface area (Å²) >= 11 is 3.47. The third-order valence-electron chi connectivity index (χ3n) is 3.77. The fourth-order valence-electron chi connectivity index (χ4n) is 2.58. The van der Waals surface area contributed by atoms with E-state index in [2.05, 4.69) is 25.9 Å². The summed E-state index contributed by atoms with van der Waals surface area (Å²) in [6.45, 7) is 1.64. The molecule has 7 nitrogen and oxygen atoms in total. The molecule has 1 amide bonds. The number of fused-ring (bicyclic) bond motifs is 1. The Kier molecular flexibility index (Phi) is 4.93. The van der Waals surface area contributed by atoms with E-state index in [0.29, 0.717) is 0 Å². The predicted octanol–water partition coefficient (Wildman–Crippen LogP) is 3.64. The van der Waals surface area contributed by atoms with Crippen LogP contribution in [0, 0.1) is 5.21 Å². The molecule has 128 valence electrons. The highest BCUT2D eigenvalue weighted by atomic mass is 79.9. The first-order valence-electron chi connectivity index (χ1n) is 7.38. The molecule has 0 radical (unpaired) electrons. The minimum absolute atomic E-state index is 0.0936. The van der Waals surface area contributed by atoms with E-state index in [4.69, 9.17) is 0 Å². The van der Waals surface area contributed by atoms with Gasteiger partial charge in [-0.1, -0.05) is 12.1 Å². The highest BCUT2D eigenvalue weighted by Crippen LogP contribution is 2.30. The van der Waals surface area contributed by atoms with Crippen molar-refractivity contribution in [2.24, 2.45) is 0 Å². The maximum absolute atomic E-state index is 12.1. The van der Waals surface area contributed by atoms with Crippen molar-refractivity contribution < 1.29 is 10.0 Å². The van der Waals surface area contributed by atoms with Gasteiger partial charge in [0.2, 0.25) is 5.91 Å². The third kappa shape index (κ3) is 3.60. The molecule has 0 bridgehead atoms. The Morgan fingerprint density at radius 3 is 2.72 bits per heavy atom. The zero-order chi connectivity index (χ0) is 18.0. The first kappa shape index (κ1) is 17.3. The molecular weight excluding hydrogens is 388 g/mol. The summed E-state index contributed by atoms with van der Waals surface area (Å²) in [5.74, 6) is -0.261. The Morgan fingerprint density at radius 1 is 1.20 bits per heavy atom. The molecule has 2 heterocycles. The summed E-state index contributed by atoms with van der Waals surface area (Å²) in [5.41, 5.74) is 1.06. The summed E-state index contributed by atoms with van der Waals surface area (Å²) in [4.78, 5) is 21.5. The van der Waals surface area contributed by atoms with Crippen molar-refractivity contribution in [1.82, 2.24) is 9.97 Å². The van der Waals surface area contributed by atoms with Crippen molar-refractivity contribution in [3.63, 3.8) is 0 Å². The lowest BCUT2D eigenvalue weighted by molar-refractivity contribution is -0.116. The normalized spacial score (nSPS) is 10.7. The first-order chi connectivity index (χ1) is 12.0. The van der Waals surface area contributed by atoms with Crippen LogP contribution in [0.1, 0.15) is 12.5 Å². The van der Waals surface area contributed by atoms with Crippen molar-refractivity contribution in [3.8, 4) is 0 Å². The molecule has 0 fully saturated rings. The summed E-state index contributed by atoms with van der Waals surface area (Å²) in [6, 6.07) is 7.27. The molecule has 0 unspecified atom stereocenters. The lowest BCUT2D eigenvalue weighted by Gasteiger charge is -2.29. The summed E-state index contributed by atoms with van der Waals surface area (Å²) in [5, 5.41) is 22.3. The second kappa shape index (κ2) is 7.14. The number of anilines is 2. The molecule has 0 atom stereocenters. The molecule has 0 aliphatic rings. The number of nitrogens with zero attached hydrogens (tertiary/aromatic N) is 4. The molecule has 0 aliphatic carbocycles. The number of rotatable bonds is 4. The first-order valence-corrected chi connectivity index (χ1v) is 8.17. The maximum atomic E-state index is 12.1. The molecular formula is C17H14BrN4O3-. The van der Waals surface area contributed by atoms with Crippen molar-refractivity contribution >= 4 is 44.0 Å². The predicted molar refractivity (Wildman–Crippen MR) is 98.2 cm³/mol. The largest absolute Gasteiger partial charge is 0.733 e. The minimum Gasteiger partial charge on any atom is -0.733 e. The van der Waals surface area contributed by atoms with Crippen molar-refractivity contribution in [3.05, 3.63) is 64.3 Å². The molecule has 0 saturated carbocycles. The van der Waals surface area contributed by atoms with Gasteiger partial charge in [0.15, 0.2) is 0 Å². The zero-order valence-corrected chi connectivity index (χ0v) is 14.8. The van der Waals surface area contributed by atoms with Gasteiger partial charge in [-0.15, -0.1) is 0 Å². The van der Waals surface area contributed by atoms with Crippen LogP contribution >= 0.6 is 15.9 Å². The van der Waals surface area contributed by atoms with Crippen LogP contribution in [-0.2, 0) is 11.3 Å². The Bertz CT molecular complexity index is 933. The van der Waals surface area contributed by atoms with Crippen LogP contribution in [0.4, 0.5) is 11.4 Å². The van der Waals surface area contributed by atoms with E-state index in [9.17, 15) is 15.2 Å². The van der Waals surface area contributed by atoms with Gasteiger partial charge in [-0.05, 0) is 39.0 Å². The number of benzene rings is 1. The molecule has 3 rings (SSSR count). The van der Waals surface area contributed by atoms with E-state index >= 15 is 0 Å². The number of aromatic nitrogens is 2. The van der Waals surface area contributed by atoms with E-state index in [0.717, 1.165) is 20.8 Å². The van der Waals surface area contributed by atoms with Crippen LogP contribution in [0.5, 0.6) is 0 Å². The Hall–Kier alpha value is -2.55. The monoisotopic (exact) mass is 401 g/mol. The van der Waals surface area contributed by atoms with Crippen molar-refractivity contribution in [2.45, 2.75) is 13.5 Å². The Balaban J connectivity index is 2.01. The van der Waals surface area contributed by atoms with Gasteiger partial charge in [-0.3, -0.25) is 20.0 Å². The van der Waals surface area contributed by atoms with Gasteiger partial charge in [-0.2, -0.15) is 0 Å². The number of pyridine rings is 2. The van der Waals surface area contributed by atoms with Gasteiger partial charge < -0.3 is 15.3 Å². The lowest BCUT2D eigenvalue weighted by Crippen LogP contribution is -2.29.